The number of nitrogens with two attached hydrogens (primary N) is 1. The summed E-state index contributed by atoms with van der Waals surface area (Å²) in [5.41, 5.74) is 9.11. The Labute approximate surface area is 144 Å². The van der Waals surface area contributed by atoms with Gasteiger partial charge >= 0.3 is 0 Å². The molecule has 0 aliphatic carbocycles. The molecule has 0 aliphatic heterocycles. The molecule has 4 heteroatoms. The normalized spacial score (nSPS) is 12.0. The molecule has 4 nitrogen and oxygen atoms in total. The number of rotatable bonds is 7. The third-order valence-electron chi connectivity index (χ3n) is 3.92. The van der Waals surface area contributed by atoms with Gasteiger partial charge in [0.25, 0.3) is 0 Å². The predicted molar refractivity (Wildman–Crippen MR) is 97.1 cm³/mol. The third-order valence-corrected chi connectivity index (χ3v) is 3.92. The molecule has 24 heavy (non-hydrogen) atoms. The lowest BCUT2D eigenvalue weighted by molar-refractivity contribution is -0.122. The molecule has 2 rings (SSSR count). The van der Waals surface area contributed by atoms with E-state index in [1.165, 1.54) is 5.56 Å². The minimum atomic E-state index is -0.659. The Bertz CT molecular complexity index is 666. The van der Waals surface area contributed by atoms with Crippen molar-refractivity contribution in [1.82, 2.24) is 5.32 Å². The van der Waals surface area contributed by atoms with Gasteiger partial charge in [0.15, 0.2) is 0 Å². The Morgan fingerprint density at radius 1 is 1.12 bits per heavy atom. The minimum absolute atomic E-state index is 0.195. The van der Waals surface area contributed by atoms with Crippen LogP contribution < -0.4 is 15.8 Å². The number of benzene rings is 2. The van der Waals surface area contributed by atoms with Crippen LogP contribution in [-0.2, 0) is 4.79 Å². The molecule has 1 atom stereocenters. The molecule has 0 fully saturated rings. The van der Waals surface area contributed by atoms with Gasteiger partial charge in [-0.05, 0) is 30.0 Å². The number of hydrogen-bond acceptors (Lipinski definition) is 3. The molecular weight excluding hydrogens is 300 g/mol. The van der Waals surface area contributed by atoms with Crippen LogP contribution >= 0.6 is 0 Å². The van der Waals surface area contributed by atoms with Crippen LogP contribution in [0.1, 0.15) is 42.5 Å². The van der Waals surface area contributed by atoms with Crippen LogP contribution in [0.5, 0.6) is 5.75 Å². The van der Waals surface area contributed by atoms with E-state index in [2.05, 4.69) is 25.2 Å². The number of amides is 1. The van der Waals surface area contributed by atoms with Crippen molar-refractivity contribution in [1.29, 1.82) is 0 Å². The van der Waals surface area contributed by atoms with Crippen LogP contribution in [0.25, 0.3) is 0 Å². The molecule has 0 aromatic heterocycles. The first kappa shape index (κ1) is 18.0. The Morgan fingerprint density at radius 2 is 1.79 bits per heavy atom. The number of para-hydroxylation sites is 1. The number of carbonyl (C=O) groups excluding carboxylic acids is 1. The molecule has 0 saturated carbocycles. The molecule has 0 aliphatic rings. The summed E-state index contributed by atoms with van der Waals surface area (Å²) >= 11 is 0. The molecule has 2 aromatic rings. The molecule has 0 radical (unpaired) electrons. The maximum Gasteiger partial charge on any atom is 0.241 e. The average Bonchev–Trinajstić information content (AvgIpc) is 2.58. The highest BCUT2D eigenvalue weighted by atomic mass is 16.5. The van der Waals surface area contributed by atoms with Crippen LogP contribution in [0.3, 0.4) is 0 Å². The second-order valence-electron chi connectivity index (χ2n) is 6.22. The van der Waals surface area contributed by atoms with E-state index in [-0.39, 0.29) is 5.91 Å². The zero-order valence-corrected chi connectivity index (χ0v) is 14.6. The highest BCUT2D eigenvalue weighted by Gasteiger charge is 2.15. The molecule has 3 N–H and O–H groups in total. The zero-order valence-electron chi connectivity index (χ0n) is 14.6. The van der Waals surface area contributed by atoms with Gasteiger partial charge in [0.2, 0.25) is 5.91 Å². The van der Waals surface area contributed by atoms with Gasteiger partial charge in [0, 0.05) is 0 Å². The van der Waals surface area contributed by atoms with Crippen LogP contribution in [0.15, 0.2) is 48.5 Å². The largest absolute Gasteiger partial charge is 0.491 e. The smallest absolute Gasteiger partial charge is 0.241 e. The summed E-state index contributed by atoms with van der Waals surface area (Å²) in [6, 6.07) is 15.0. The van der Waals surface area contributed by atoms with Crippen molar-refractivity contribution >= 4 is 5.91 Å². The Hall–Kier alpha value is -2.33. The standard InChI is InChI=1S/C20H26N2O2/c1-14(2)17-6-4-5-7-18(17)24-13-12-22-20(23)19(21)16-10-8-15(3)9-11-16/h4-11,14,19H,12-13,21H2,1-3H3,(H,22,23). The highest BCUT2D eigenvalue weighted by molar-refractivity contribution is 5.82. The quantitative estimate of drug-likeness (QED) is 0.767. The van der Waals surface area contributed by atoms with Gasteiger partial charge in [0.05, 0.1) is 6.54 Å². The first-order chi connectivity index (χ1) is 11.5. The second-order valence-corrected chi connectivity index (χ2v) is 6.22. The molecule has 128 valence electrons. The van der Waals surface area contributed by atoms with Crippen LogP contribution in [0.2, 0.25) is 0 Å². The first-order valence-electron chi connectivity index (χ1n) is 8.30. The molecule has 1 amide bonds. The molecule has 0 saturated heterocycles. The van der Waals surface area contributed by atoms with E-state index in [0.29, 0.717) is 19.1 Å². The fraction of sp³-hybridized carbons (Fsp3) is 0.350. The van der Waals surface area contributed by atoms with E-state index in [1.54, 1.807) is 0 Å². The summed E-state index contributed by atoms with van der Waals surface area (Å²) in [5, 5.41) is 2.83. The van der Waals surface area contributed by atoms with E-state index in [0.717, 1.165) is 16.9 Å². The van der Waals surface area contributed by atoms with Crippen LogP contribution in [0, 0.1) is 6.92 Å². The predicted octanol–water partition coefficient (Wildman–Crippen LogP) is 3.31. The Morgan fingerprint density at radius 3 is 2.46 bits per heavy atom. The van der Waals surface area contributed by atoms with E-state index < -0.39 is 6.04 Å². The lowest BCUT2D eigenvalue weighted by atomic mass is 10.0. The van der Waals surface area contributed by atoms with Gasteiger partial charge < -0.3 is 15.8 Å². The van der Waals surface area contributed by atoms with Gasteiger partial charge in [-0.3, -0.25) is 4.79 Å². The minimum Gasteiger partial charge on any atom is -0.491 e. The van der Waals surface area contributed by atoms with Crippen LogP contribution in [0.4, 0.5) is 0 Å². The fourth-order valence-corrected chi connectivity index (χ4v) is 2.46. The van der Waals surface area contributed by atoms with Gasteiger partial charge in [0.1, 0.15) is 18.4 Å². The van der Waals surface area contributed by atoms with Crippen LogP contribution in [-0.4, -0.2) is 19.1 Å². The zero-order chi connectivity index (χ0) is 17.5. The number of aryl methyl sites for hydroxylation is 1. The van der Waals surface area contributed by atoms with E-state index in [1.807, 2.05) is 49.4 Å². The molecular formula is C20H26N2O2. The number of carbonyl (C=O) groups is 1. The van der Waals surface area contributed by atoms with Gasteiger partial charge in [-0.15, -0.1) is 0 Å². The third kappa shape index (κ3) is 4.83. The van der Waals surface area contributed by atoms with Crippen molar-refractivity contribution in [3.05, 3.63) is 65.2 Å². The highest BCUT2D eigenvalue weighted by Crippen LogP contribution is 2.25. The van der Waals surface area contributed by atoms with E-state index >= 15 is 0 Å². The van der Waals surface area contributed by atoms with Gasteiger partial charge in [-0.1, -0.05) is 61.9 Å². The maximum absolute atomic E-state index is 12.1. The Kier molecular flexibility index (Phi) is 6.38. The maximum atomic E-state index is 12.1. The second kappa shape index (κ2) is 8.50. The summed E-state index contributed by atoms with van der Waals surface area (Å²) in [6.45, 7) is 7.09. The lowest BCUT2D eigenvalue weighted by Gasteiger charge is -2.15. The fourth-order valence-electron chi connectivity index (χ4n) is 2.46. The summed E-state index contributed by atoms with van der Waals surface area (Å²) in [5.74, 6) is 1.06. The van der Waals surface area contributed by atoms with Gasteiger partial charge in [-0.25, -0.2) is 0 Å². The van der Waals surface area contributed by atoms with Crippen molar-refractivity contribution in [3.63, 3.8) is 0 Å². The SMILES string of the molecule is Cc1ccc(C(N)C(=O)NCCOc2ccccc2C(C)C)cc1. The summed E-state index contributed by atoms with van der Waals surface area (Å²) in [7, 11) is 0. The average molecular weight is 326 g/mol. The van der Waals surface area contributed by atoms with Crippen molar-refractivity contribution in [2.75, 3.05) is 13.2 Å². The summed E-state index contributed by atoms with van der Waals surface area (Å²) in [6.07, 6.45) is 0. The van der Waals surface area contributed by atoms with Crippen molar-refractivity contribution in [3.8, 4) is 5.75 Å². The summed E-state index contributed by atoms with van der Waals surface area (Å²) in [4.78, 5) is 12.1. The lowest BCUT2D eigenvalue weighted by Crippen LogP contribution is -2.36. The summed E-state index contributed by atoms with van der Waals surface area (Å²) < 4.78 is 5.79. The molecule has 0 spiro atoms. The molecule has 2 aromatic carbocycles. The number of ether oxygens (including phenoxy) is 1. The number of hydrogen-bond donors (Lipinski definition) is 2. The molecule has 1 unspecified atom stereocenters. The monoisotopic (exact) mass is 326 g/mol. The topological polar surface area (TPSA) is 64.4 Å². The first-order valence-corrected chi connectivity index (χ1v) is 8.30. The van der Waals surface area contributed by atoms with E-state index in [4.69, 9.17) is 10.5 Å². The Balaban J connectivity index is 1.82. The van der Waals surface area contributed by atoms with Gasteiger partial charge in [-0.2, -0.15) is 0 Å². The van der Waals surface area contributed by atoms with Crippen molar-refractivity contribution in [2.24, 2.45) is 5.73 Å². The van der Waals surface area contributed by atoms with Crippen molar-refractivity contribution in [2.45, 2.75) is 32.7 Å². The number of nitrogens with one attached hydrogen (secondary N) is 1. The van der Waals surface area contributed by atoms with E-state index in [9.17, 15) is 4.79 Å². The molecule has 0 heterocycles. The molecule has 0 bridgehead atoms. The van der Waals surface area contributed by atoms with Crippen molar-refractivity contribution < 1.29 is 9.53 Å².